The molecule has 15 heavy (non-hydrogen) atoms. The van der Waals surface area contributed by atoms with Gasteiger partial charge in [-0.1, -0.05) is 36.8 Å². The van der Waals surface area contributed by atoms with E-state index in [0.717, 1.165) is 19.6 Å². The topological polar surface area (TPSA) is 27.0 Å². The van der Waals surface area contributed by atoms with Gasteiger partial charge in [0.2, 0.25) is 0 Å². The van der Waals surface area contributed by atoms with Crippen LogP contribution in [0.5, 0.6) is 0 Å². The minimum atomic E-state index is 0.611. The molecule has 1 rings (SSSR count). The van der Waals surface area contributed by atoms with E-state index < -0.39 is 0 Å². The lowest BCUT2D eigenvalue weighted by Crippen LogP contribution is -2.23. The van der Waals surface area contributed by atoms with Crippen LogP contribution < -0.4 is 0 Å². The van der Waals surface area contributed by atoms with Gasteiger partial charge in [-0.25, -0.2) is 0 Å². The van der Waals surface area contributed by atoms with E-state index in [1.807, 2.05) is 0 Å². The summed E-state index contributed by atoms with van der Waals surface area (Å²) < 4.78 is 0. The van der Waals surface area contributed by atoms with E-state index in [9.17, 15) is 0 Å². The number of hydrogen-bond donors (Lipinski definition) is 0. The van der Waals surface area contributed by atoms with Crippen molar-refractivity contribution in [1.29, 1.82) is 5.26 Å². The lowest BCUT2D eigenvalue weighted by molar-refractivity contribution is 0.287. The lowest BCUT2D eigenvalue weighted by atomic mass is 10.1. The molecular formula is C13H18N2. The predicted molar refractivity (Wildman–Crippen MR) is 62.4 cm³/mol. The Labute approximate surface area is 92.1 Å². The van der Waals surface area contributed by atoms with E-state index in [4.69, 9.17) is 5.26 Å². The van der Waals surface area contributed by atoms with Gasteiger partial charge in [0.15, 0.2) is 0 Å². The van der Waals surface area contributed by atoms with E-state index in [2.05, 4.69) is 49.1 Å². The largest absolute Gasteiger partial charge is 0.298 e. The Balaban J connectivity index is 2.51. The minimum Gasteiger partial charge on any atom is -0.298 e. The highest BCUT2D eigenvalue weighted by molar-refractivity contribution is 5.21. The summed E-state index contributed by atoms with van der Waals surface area (Å²) in [4.78, 5) is 2.29. The van der Waals surface area contributed by atoms with Crippen molar-refractivity contribution in [1.82, 2.24) is 4.90 Å². The maximum Gasteiger partial charge on any atom is 0.0635 e. The molecule has 0 radical (unpaired) electrons. The molecule has 0 aliphatic carbocycles. The van der Waals surface area contributed by atoms with Crippen LogP contribution >= 0.6 is 0 Å². The number of aryl methyl sites for hydroxylation is 1. The second-order valence-electron chi connectivity index (χ2n) is 3.76. The van der Waals surface area contributed by atoms with Crippen LogP contribution in [0.4, 0.5) is 0 Å². The van der Waals surface area contributed by atoms with Crippen molar-refractivity contribution in [3.63, 3.8) is 0 Å². The third-order valence-electron chi connectivity index (χ3n) is 2.51. The molecule has 2 heteroatoms. The highest BCUT2D eigenvalue weighted by atomic mass is 15.1. The predicted octanol–water partition coefficient (Wildman–Crippen LogP) is 2.73. The van der Waals surface area contributed by atoms with Gasteiger partial charge < -0.3 is 0 Å². The Kier molecular flexibility index (Phi) is 4.86. The molecular weight excluding hydrogens is 184 g/mol. The fourth-order valence-corrected chi connectivity index (χ4v) is 1.51. The number of nitrogens with zero attached hydrogens (tertiary/aromatic N) is 2. The van der Waals surface area contributed by atoms with Crippen molar-refractivity contribution in [2.45, 2.75) is 26.8 Å². The molecule has 0 amide bonds. The Bertz CT molecular complexity index is 321. The first-order valence-corrected chi connectivity index (χ1v) is 5.41. The van der Waals surface area contributed by atoms with Crippen molar-refractivity contribution in [3.8, 4) is 6.07 Å². The monoisotopic (exact) mass is 202 g/mol. The summed E-state index contributed by atoms with van der Waals surface area (Å²) in [5, 5.41) is 8.54. The zero-order valence-corrected chi connectivity index (χ0v) is 9.53. The van der Waals surface area contributed by atoms with E-state index >= 15 is 0 Å². The van der Waals surface area contributed by atoms with E-state index in [1.54, 1.807) is 0 Å². The first-order valence-electron chi connectivity index (χ1n) is 5.41. The van der Waals surface area contributed by atoms with Crippen LogP contribution in [0.25, 0.3) is 0 Å². The maximum absolute atomic E-state index is 8.54. The van der Waals surface area contributed by atoms with Gasteiger partial charge in [-0.2, -0.15) is 5.26 Å². The molecule has 1 aromatic rings. The Hall–Kier alpha value is -1.33. The van der Waals surface area contributed by atoms with E-state index in [1.165, 1.54) is 11.1 Å². The van der Waals surface area contributed by atoms with Crippen LogP contribution in [0, 0.1) is 18.3 Å². The summed E-state index contributed by atoms with van der Waals surface area (Å²) in [5.41, 5.74) is 2.61. The average molecular weight is 202 g/mol. The molecule has 0 aliphatic heterocycles. The van der Waals surface area contributed by atoms with Gasteiger partial charge in [-0.05, 0) is 19.0 Å². The molecule has 1 aromatic carbocycles. The fourth-order valence-electron chi connectivity index (χ4n) is 1.51. The highest BCUT2D eigenvalue weighted by Crippen LogP contribution is 2.07. The van der Waals surface area contributed by atoms with Gasteiger partial charge in [0.05, 0.1) is 6.07 Å². The molecule has 2 nitrogen and oxygen atoms in total. The van der Waals surface area contributed by atoms with Crippen molar-refractivity contribution in [2.24, 2.45) is 0 Å². The summed E-state index contributed by atoms with van der Waals surface area (Å²) >= 11 is 0. The smallest absolute Gasteiger partial charge is 0.0635 e. The Morgan fingerprint density at radius 1 is 1.27 bits per heavy atom. The number of rotatable bonds is 5. The van der Waals surface area contributed by atoms with Crippen LogP contribution in [0.15, 0.2) is 24.3 Å². The normalized spacial score (nSPS) is 10.3. The molecule has 0 N–H and O–H groups in total. The Morgan fingerprint density at radius 3 is 2.47 bits per heavy atom. The molecule has 0 unspecified atom stereocenters. The zero-order chi connectivity index (χ0) is 11.1. The van der Waals surface area contributed by atoms with Crippen LogP contribution in [-0.2, 0) is 6.54 Å². The van der Waals surface area contributed by atoms with Gasteiger partial charge >= 0.3 is 0 Å². The summed E-state index contributed by atoms with van der Waals surface area (Å²) in [7, 11) is 0. The van der Waals surface area contributed by atoms with Crippen molar-refractivity contribution >= 4 is 0 Å². The number of nitriles is 1. The van der Waals surface area contributed by atoms with Crippen molar-refractivity contribution < 1.29 is 0 Å². The highest BCUT2D eigenvalue weighted by Gasteiger charge is 2.02. The molecule has 0 bridgehead atoms. The van der Waals surface area contributed by atoms with Gasteiger partial charge in [-0.3, -0.25) is 4.90 Å². The summed E-state index contributed by atoms with van der Waals surface area (Å²) in [6.07, 6.45) is 0.611. The SMILES string of the molecule is CCN(CCC#N)Cc1ccc(C)cc1. The summed E-state index contributed by atoms with van der Waals surface area (Å²) in [6.45, 7) is 7.03. The molecule has 80 valence electrons. The standard InChI is InChI=1S/C13H18N2/c1-3-15(10-4-9-14)11-13-7-5-12(2)6-8-13/h5-8H,3-4,10-11H2,1-2H3. The third kappa shape index (κ3) is 4.14. The average Bonchev–Trinajstić information content (AvgIpc) is 2.27. The molecule has 0 aliphatic rings. The zero-order valence-electron chi connectivity index (χ0n) is 9.53. The van der Waals surface area contributed by atoms with Crippen molar-refractivity contribution in [2.75, 3.05) is 13.1 Å². The van der Waals surface area contributed by atoms with Gasteiger partial charge in [0.1, 0.15) is 0 Å². The maximum atomic E-state index is 8.54. The number of hydrogen-bond acceptors (Lipinski definition) is 2. The van der Waals surface area contributed by atoms with E-state index in [0.29, 0.717) is 6.42 Å². The molecule has 0 fully saturated rings. The minimum absolute atomic E-state index is 0.611. The first kappa shape index (κ1) is 11.7. The van der Waals surface area contributed by atoms with E-state index in [-0.39, 0.29) is 0 Å². The molecule has 0 spiro atoms. The van der Waals surface area contributed by atoms with Crippen LogP contribution in [-0.4, -0.2) is 18.0 Å². The fraction of sp³-hybridized carbons (Fsp3) is 0.462. The van der Waals surface area contributed by atoms with Gasteiger partial charge in [-0.15, -0.1) is 0 Å². The molecule has 0 saturated heterocycles. The second-order valence-corrected chi connectivity index (χ2v) is 3.76. The van der Waals surface area contributed by atoms with Crippen LogP contribution in [0.1, 0.15) is 24.5 Å². The quantitative estimate of drug-likeness (QED) is 0.734. The summed E-state index contributed by atoms with van der Waals surface area (Å²) in [6, 6.07) is 10.8. The summed E-state index contributed by atoms with van der Waals surface area (Å²) in [5.74, 6) is 0. The molecule has 0 heterocycles. The molecule has 0 saturated carbocycles. The molecule has 0 atom stereocenters. The van der Waals surface area contributed by atoms with Crippen LogP contribution in [0.2, 0.25) is 0 Å². The van der Waals surface area contributed by atoms with Gasteiger partial charge in [0, 0.05) is 19.5 Å². The van der Waals surface area contributed by atoms with Crippen LogP contribution in [0.3, 0.4) is 0 Å². The Morgan fingerprint density at radius 2 is 1.93 bits per heavy atom. The lowest BCUT2D eigenvalue weighted by Gasteiger charge is -2.18. The van der Waals surface area contributed by atoms with Gasteiger partial charge in [0.25, 0.3) is 0 Å². The second kappa shape index (κ2) is 6.21. The van der Waals surface area contributed by atoms with Crippen molar-refractivity contribution in [3.05, 3.63) is 35.4 Å². The third-order valence-corrected chi connectivity index (χ3v) is 2.51. The number of benzene rings is 1. The molecule has 0 aromatic heterocycles. The first-order chi connectivity index (χ1) is 7.26.